The number of ether oxygens (including phenoxy) is 1. The first-order valence-electron chi connectivity index (χ1n) is 8.77. The van der Waals surface area contributed by atoms with Crippen molar-refractivity contribution in [1.29, 1.82) is 0 Å². The molecule has 0 aliphatic carbocycles. The van der Waals surface area contributed by atoms with Gasteiger partial charge in [0, 0.05) is 30.3 Å². The molecule has 0 saturated carbocycles. The van der Waals surface area contributed by atoms with Crippen LogP contribution < -0.4 is 15.0 Å². The first-order chi connectivity index (χ1) is 14.3. The Hall–Kier alpha value is -3.57. The van der Waals surface area contributed by atoms with Crippen molar-refractivity contribution in [3.05, 3.63) is 81.1 Å². The monoisotopic (exact) mass is 430 g/mol. The van der Waals surface area contributed by atoms with Gasteiger partial charge in [0.05, 0.1) is 29.2 Å². The number of benzene rings is 2. The second-order valence-electron chi connectivity index (χ2n) is 6.16. The summed E-state index contributed by atoms with van der Waals surface area (Å²) in [5, 5.41) is 15.1. The highest BCUT2D eigenvalue weighted by Crippen LogP contribution is 2.19. The second-order valence-corrected chi connectivity index (χ2v) is 7.93. The summed E-state index contributed by atoms with van der Waals surface area (Å²) in [5.74, 6) is 0.683. The lowest BCUT2D eigenvalue weighted by atomic mass is 10.1. The van der Waals surface area contributed by atoms with Crippen molar-refractivity contribution in [2.75, 3.05) is 13.7 Å². The smallest absolute Gasteiger partial charge is 0.270 e. The van der Waals surface area contributed by atoms with Crippen LogP contribution in [0.2, 0.25) is 0 Å². The van der Waals surface area contributed by atoms with Crippen molar-refractivity contribution in [1.82, 2.24) is 14.5 Å². The average molecular weight is 430 g/mol. The molecule has 0 atom stereocenters. The van der Waals surface area contributed by atoms with Crippen LogP contribution in [0.5, 0.6) is 5.75 Å². The van der Waals surface area contributed by atoms with Gasteiger partial charge in [-0.15, -0.1) is 0 Å². The SMILES string of the molecule is COc1ccc(-c2ccc(=O)n(CCNS(=O)(=O)c3cccc([N+](=O)[O-])c3)n2)cc1. The maximum absolute atomic E-state index is 12.4. The van der Waals surface area contributed by atoms with Gasteiger partial charge in [-0.05, 0) is 36.4 Å². The van der Waals surface area contributed by atoms with E-state index in [0.29, 0.717) is 11.4 Å². The highest BCUT2D eigenvalue weighted by molar-refractivity contribution is 7.89. The number of nitro groups is 1. The zero-order chi connectivity index (χ0) is 21.7. The van der Waals surface area contributed by atoms with Crippen LogP contribution in [0, 0.1) is 10.1 Å². The maximum Gasteiger partial charge on any atom is 0.270 e. The van der Waals surface area contributed by atoms with Crippen LogP contribution in [0.3, 0.4) is 0 Å². The fourth-order valence-corrected chi connectivity index (χ4v) is 3.72. The summed E-state index contributed by atoms with van der Waals surface area (Å²) in [5.41, 5.74) is 0.588. The normalized spacial score (nSPS) is 11.2. The molecule has 0 fully saturated rings. The molecule has 1 N–H and O–H groups in total. The van der Waals surface area contributed by atoms with E-state index < -0.39 is 14.9 Å². The van der Waals surface area contributed by atoms with Crippen molar-refractivity contribution in [2.45, 2.75) is 11.4 Å². The largest absolute Gasteiger partial charge is 0.497 e. The minimum Gasteiger partial charge on any atom is -0.497 e. The molecular weight excluding hydrogens is 412 g/mol. The average Bonchev–Trinajstić information content (AvgIpc) is 2.75. The lowest BCUT2D eigenvalue weighted by molar-refractivity contribution is -0.385. The molecule has 11 heteroatoms. The minimum absolute atomic E-state index is 0.0169. The highest BCUT2D eigenvalue weighted by Gasteiger charge is 2.17. The molecule has 0 amide bonds. The fourth-order valence-electron chi connectivity index (χ4n) is 2.66. The predicted molar refractivity (Wildman–Crippen MR) is 109 cm³/mol. The summed E-state index contributed by atoms with van der Waals surface area (Å²) in [7, 11) is -2.42. The maximum atomic E-state index is 12.4. The Balaban J connectivity index is 1.73. The van der Waals surface area contributed by atoms with Crippen LogP contribution in [0.1, 0.15) is 0 Å². The zero-order valence-electron chi connectivity index (χ0n) is 15.9. The summed E-state index contributed by atoms with van der Waals surface area (Å²) < 4.78 is 33.3. The number of hydrogen-bond acceptors (Lipinski definition) is 7. The second kappa shape index (κ2) is 8.84. The van der Waals surface area contributed by atoms with E-state index in [9.17, 15) is 23.3 Å². The summed E-state index contributed by atoms with van der Waals surface area (Å²) in [6, 6.07) is 14.8. The summed E-state index contributed by atoms with van der Waals surface area (Å²) in [6.45, 7) is -0.138. The number of rotatable bonds is 8. The fraction of sp³-hybridized carbons (Fsp3) is 0.158. The molecule has 0 unspecified atom stereocenters. The van der Waals surface area contributed by atoms with E-state index in [2.05, 4.69) is 9.82 Å². The van der Waals surface area contributed by atoms with Gasteiger partial charge >= 0.3 is 0 Å². The minimum atomic E-state index is -3.98. The lowest BCUT2D eigenvalue weighted by Crippen LogP contribution is -2.32. The van der Waals surface area contributed by atoms with E-state index in [1.165, 1.54) is 24.3 Å². The molecule has 0 bridgehead atoms. The molecule has 2 aromatic carbocycles. The van der Waals surface area contributed by atoms with Crippen LogP contribution in [0.25, 0.3) is 11.3 Å². The van der Waals surface area contributed by atoms with Crippen LogP contribution in [-0.4, -0.2) is 36.8 Å². The van der Waals surface area contributed by atoms with Gasteiger partial charge in [-0.2, -0.15) is 5.10 Å². The molecule has 0 radical (unpaired) electrons. The Morgan fingerprint density at radius 1 is 1.13 bits per heavy atom. The van der Waals surface area contributed by atoms with Crippen molar-refractivity contribution in [3.8, 4) is 17.0 Å². The molecule has 156 valence electrons. The third kappa shape index (κ3) is 4.88. The van der Waals surface area contributed by atoms with Gasteiger partial charge < -0.3 is 4.74 Å². The first kappa shape index (κ1) is 21.1. The van der Waals surface area contributed by atoms with Crippen molar-refractivity contribution in [3.63, 3.8) is 0 Å². The van der Waals surface area contributed by atoms with E-state index in [4.69, 9.17) is 4.74 Å². The lowest BCUT2D eigenvalue weighted by Gasteiger charge is -2.09. The Morgan fingerprint density at radius 2 is 1.87 bits per heavy atom. The van der Waals surface area contributed by atoms with Gasteiger partial charge in [-0.3, -0.25) is 14.9 Å². The van der Waals surface area contributed by atoms with E-state index in [-0.39, 0.29) is 29.2 Å². The van der Waals surface area contributed by atoms with E-state index in [0.717, 1.165) is 16.3 Å². The molecule has 10 nitrogen and oxygen atoms in total. The van der Waals surface area contributed by atoms with Gasteiger partial charge in [0.1, 0.15) is 5.75 Å². The number of methoxy groups -OCH3 is 1. The number of nitro benzene ring substituents is 1. The Bertz CT molecular complexity index is 1220. The third-order valence-electron chi connectivity index (χ3n) is 4.21. The first-order valence-corrected chi connectivity index (χ1v) is 10.3. The van der Waals surface area contributed by atoms with Crippen LogP contribution in [0.4, 0.5) is 5.69 Å². The van der Waals surface area contributed by atoms with Crippen molar-refractivity contribution < 1.29 is 18.1 Å². The van der Waals surface area contributed by atoms with Crippen LogP contribution in [0.15, 0.2) is 70.4 Å². The van der Waals surface area contributed by atoms with Crippen LogP contribution >= 0.6 is 0 Å². The summed E-state index contributed by atoms with van der Waals surface area (Å²) in [6.07, 6.45) is 0. The van der Waals surface area contributed by atoms with Gasteiger partial charge in [-0.1, -0.05) is 6.07 Å². The molecule has 1 aromatic heterocycles. The number of nitrogens with zero attached hydrogens (tertiary/aromatic N) is 3. The molecule has 1 heterocycles. The van der Waals surface area contributed by atoms with E-state index in [1.807, 2.05) is 0 Å². The predicted octanol–water partition coefficient (Wildman–Crippen LogP) is 1.81. The number of non-ortho nitro benzene ring substituents is 1. The number of hydrogen-bond donors (Lipinski definition) is 1. The molecule has 3 aromatic rings. The number of aromatic nitrogens is 2. The molecule has 0 aliphatic rings. The Labute approximate surface area is 171 Å². The highest BCUT2D eigenvalue weighted by atomic mass is 32.2. The summed E-state index contributed by atoms with van der Waals surface area (Å²) >= 11 is 0. The molecule has 0 aliphatic heterocycles. The quantitative estimate of drug-likeness (QED) is 0.425. The standard InChI is InChI=1S/C19H18N4O6S/c1-29-16-7-5-14(6-8-16)18-9-10-19(24)22(21-18)12-11-20-30(27,28)17-4-2-3-15(13-17)23(25)26/h2-10,13,20H,11-12H2,1H3. The number of sulfonamides is 1. The topological polar surface area (TPSA) is 133 Å². The molecule has 0 spiro atoms. The van der Waals surface area contributed by atoms with Gasteiger partial charge in [0.2, 0.25) is 10.0 Å². The van der Waals surface area contributed by atoms with E-state index >= 15 is 0 Å². The summed E-state index contributed by atoms with van der Waals surface area (Å²) in [4.78, 5) is 22.0. The van der Waals surface area contributed by atoms with Gasteiger partial charge in [-0.25, -0.2) is 17.8 Å². The molecular formula is C19H18N4O6S. The molecule has 30 heavy (non-hydrogen) atoms. The number of nitrogens with one attached hydrogen (secondary N) is 1. The van der Waals surface area contributed by atoms with Crippen molar-refractivity contribution in [2.24, 2.45) is 0 Å². The Kier molecular flexibility index (Phi) is 6.23. The van der Waals surface area contributed by atoms with Gasteiger partial charge in [0.15, 0.2) is 0 Å². The molecule has 0 saturated heterocycles. The van der Waals surface area contributed by atoms with E-state index in [1.54, 1.807) is 37.4 Å². The Morgan fingerprint density at radius 3 is 2.53 bits per heavy atom. The zero-order valence-corrected chi connectivity index (χ0v) is 16.7. The third-order valence-corrected chi connectivity index (χ3v) is 5.67. The van der Waals surface area contributed by atoms with Gasteiger partial charge in [0.25, 0.3) is 11.2 Å². The van der Waals surface area contributed by atoms with Crippen molar-refractivity contribution >= 4 is 15.7 Å². The molecule has 3 rings (SSSR count). The van der Waals surface area contributed by atoms with Crippen LogP contribution in [-0.2, 0) is 16.6 Å².